The number of piperidine rings is 1. The van der Waals surface area contributed by atoms with E-state index in [-0.39, 0.29) is 17.3 Å². The number of pyridine rings is 1. The second-order valence-corrected chi connectivity index (χ2v) is 11.8. The SMILES string of the molecule is CCOc1cccc2sc(N(Cc3cccnc3)C(=O)C3CCCN(S(=O)(=O)c4ccccc4)C3)nc12. The van der Waals surface area contributed by atoms with Crippen LogP contribution in [0.15, 0.2) is 78.0 Å². The maximum atomic E-state index is 14.0. The first-order chi connectivity index (χ1) is 18.0. The van der Waals surface area contributed by atoms with Gasteiger partial charge in [-0.1, -0.05) is 41.7 Å². The Morgan fingerprint density at radius 3 is 2.73 bits per heavy atom. The van der Waals surface area contributed by atoms with Gasteiger partial charge in [-0.25, -0.2) is 13.4 Å². The number of hydrogen-bond donors (Lipinski definition) is 0. The van der Waals surface area contributed by atoms with Gasteiger partial charge in [0.1, 0.15) is 11.3 Å². The number of aromatic nitrogens is 2. The second-order valence-electron chi connectivity index (χ2n) is 8.83. The quantitative estimate of drug-likeness (QED) is 0.323. The van der Waals surface area contributed by atoms with Crippen molar-refractivity contribution in [1.82, 2.24) is 14.3 Å². The molecule has 0 radical (unpaired) electrons. The molecule has 3 heterocycles. The van der Waals surface area contributed by atoms with Crippen LogP contribution in [0.2, 0.25) is 0 Å². The molecule has 1 unspecified atom stereocenters. The van der Waals surface area contributed by atoms with E-state index < -0.39 is 15.9 Å². The Bertz CT molecular complexity index is 1480. The van der Waals surface area contributed by atoms with Gasteiger partial charge in [-0.3, -0.25) is 14.7 Å². The molecular weight excluding hydrogens is 508 g/mol. The largest absolute Gasteiger partial charge is 0.492 e. The Balaban J connectivity index is 1.47. The van der Waals surface area contributed by atoms with E-state index in [1.165, 1.54) is 15.6 Å². The fourth-order valence-corrected chi connectivity index (χ4v) is 7.07. The summed E-state index contributed by atoms with van der Waals surface area (Å²) in [7, 11) is -3.69. The zero-order valence-corrected chi connectivity index (χ0v) is 22.1. The van der Waals surface area contributed by atoms with Crippen molar-refractivity contribution in [3.05, 3.63) is 78.6 Å². The highest BCUT2D eigenvalue weighted by Crippen LogP contribution is 2.36. The smallest absolute Gasteiger partial charge is 0.243 e. The summed E-state index contributed by atoms with van der Waals surface area (Å²) in [5.74, 6) is 0.0465. The van der Waals surface area contributed by atoms with Crippen LogP contribution in [0.3, 0.4) is 0 Å². The highest BCUT2D eigenvalue weighted by atomic mass is 32.2. The Morgan fingerprint density at radius 1 is 1.14 bits per heavy atom. The van der Waals surface area contributed by atoms with Crippen LogP contribution in [0.25, 0.3) is 10.2 Å². The highest BCUT2D eigenvalue weighted by Gasteiger charge is 2.36. The van der Waals surface area contributed by atoms with E-state index >= 15 is 0 Å². The van der Waals surface area contributed by atoms with Crippen LogP contribution in [0.4, 0.5) is 5.13 Å². The number of para-hydroxylation sites is 1. The predicted molar refractivity (Wildman–Crippen MR) is 144 cm³/mol. The van der Waals surface area contributed by atoms with Gasteiger partial charge >= 0.3 is 0 Å². The van der Waals surface area contributed by atoms with E-state index in [0.717, 1.165) is 10.3 Å². The number of rotatable bonds is 8. The third kappa shape index (κ3) is 5.36. The summed E-state index contributed by atoms with van der Waals surface area (Å²) in [6.45, 7) is 3.25. The van der Waals surface area contributed by atoms with Gasteiger partial charge in [-0.05, 0) is 55.7 Å². The summed E-state index contributed by atoms with van der Waals surface area (Å²) >= 11 is 1.42. The molecular formula is C27H28N4O4S2. The second kappa shape index (κ2) is 11.0. The molecule has 1 fully saturated rings. The summed E-state index contributed by atoms with van der Waals surface area (Å²) in [5, 5.41) is 0.555. The van der Waals surface area contributed by atoms with Crippen LogP contribution < -0.4 is 9.64 Å². The summed E-state index contributed by atoms with van der Waals surface area (Å²) in [6, 6.07) is 17.9. The van der Waals surface area contributed by atoms with Gasteiger partial charge in [0.15, 0.2) is 5.13 Å². The third-order valence-corrected chi connectivity index (χ3v) is 9.27. The average molecular weight is 537 g/mol. The lowest BCUT2D eigenvalue weighted by molar-refractivity contribution is -0.123. The lowest BCUT2D eigenvalue weighted by Crippen LogP contribution is -2.46. The number of ether oxygens (including phenoxy) is 1. The van der Waals surface area contributed by atoms with Gasteiger partial charge in [0, 0.05) is 25.5 Å². The molecule has 37 heavy (non-hydrogen) atoms. The minimum Gasteiger partial charge on any atom is -0.492 e. The first-order valence-electron chi connectivity index (χ1n) is 12.2. The summed E-state index contributed by atoms with van der Waals surface area (Å²) in [5.41, 5.74) is 1.58. The number of carbonyl (C=O) groups is 1. The maximum Gasteiger partial charge on any atom is 0.243 e. The summed E-state index contributed by atoms with van der Waals surface area (Å²) in [6.07, 6.45) is 4.64. The van der Waals surface area contributed by atoms with Gasteiger partial charge < -0.3 is 4.74 Å². The molecule has 192 valence electrons. The molecule has 10 heteroatoms. The normalized spacial score (nSPS) is 16.5. The van der Waals surface area contributed by atoms with Gasteiger partial charge in [0.2, 0.25) is 15.9 Å². The molecule has 0 N–H and O–H groups in total. The molecule has 1 saturated heterocycles. The van der Waals surface area contributed by atoms with Crippen LogP contribution in [-0.2, 0) is 21.4 Å². The van der Waals surface area contributed by atoms with Crippen molar-refractivity contribution < 1.29 is 17.9 Å². The number of thiazole rings is 1. The molecule has 5 rings (SSSR count). The number of fused-ring (bicyclic) bond motifs is 1. The number of carbonyl (C=O) groups excluding carboxylic acids is 1. The molecule has 4 aromatic rings. The van der Waals surface area contributed by atoms with Crippen LogP contribution >= 0.6 is 11.3 Å². The molecule has 0 bridgehead atoms. The molecule has 0 saturated carbocycles. The molecule has 2 aromatic carbocycles. The van der Waals surface area contributed by atoms with Crippen LogP contribution in [0.5, 0.6) is 5.75 Å². The number of benzene rings is 2. The number of sulfonamides is 1. The highest BCUT2D eigenvalue weighted by molar-refractivity contribution is 7.89. The first-order valence-corrected chi connectivity index (χ1v) is 14.5. The standard InChI is InChI=1S/C27H28N4O4S2/c1-2-35-23-13-6-14-24-25(23)29-27(36-24)31(18-20-9-7-15-28-17-20)26(32)21-10-8-16-30(19-21)37(33,34)22-11-4-3-5-12-22/h3-7,9,11-15,17,21H,2,8,10,16,18-19H2,1H3. The number of hydrogen-bond acceptors (Lipinski definition) is 7. The van der Waals surface area contributed by atoms with E-state index in [1.807, 2.05) is 37.3 Å². The number of nitrogens with zero attached hydrogens (tertiary/aromatic N) is 4. The van der Waals surface area contributed by atoms with Crippen molar-refractivity contribution >= 4 is 42.6 Å². The zero-order valence-electron chi connectivity index (χ0n) is 20.5. The molecule has 1 aliphatic heterocycles. The van der Waals surface area contributed by atoms with Gasteiger partial charge in [0.25, 0.3) is 0 Å². The summed E-state index contributed by atoms with van der Waals surface area (Å²) in [4.78, 5) is 24.9. The molecule has 0 spiro atoms. The number of amides is 1. The van der Waals surface area contributed by atoms with Crippen LogP contribution in [0, 0.1) is 5.92 Å². The fraction of sp³-hybridized carbons (Fsp3) is 0.296. The molecule has 1 atom stereocenters. The lowest BCUT2D eigenvalue weighted by Gasteiger charge is -2.33. The average Bonchev–Trinajstić information content (AvgIpc) is 3.38. The molecule has 0 aliphatic carbocycles. The fourth-order valence-electron chi connectivity index (χ4n) is 4.54. The Morgan fingerprint density at radius 2 is 1.97 bits per heavy atom. The van der Waals surface area contributed by atoms with Crippen molar-refractivity contribution in [3.8, 4) is 5.75 Å². The van der Waals surface area contributed by atoms with Crippen molar-refractivity contribution in [3.63, 3.8) is 0 Å². The third-order valence-electron chi connectivity index (χ3n) is 6.35. The topological polar surface area (TPSA) is 92.7 Å². The molecule has 1 amide bonds. The van der Waals surface area contributed by atoms with E-state index in [2.05, 4.69) is 4.98 Å². The molecule has 8 nitrogen and oxygen atoms in total. The van der Waals surface area contributed by atoms with Gasteiger partial charge in [-0.15, -0.1) is 0 Å². The van der Waals surface area contributed by atoms with Crippen LogP contribution in [0.1, 0.15) is 25.3 Å². The van der Waals surface area contributed by atoms with Crippen molar-refractivity contribution in [2.75, 3.05) is 24.6 Å². The zero-order chi connectivity index (χ0) is 25.8. The number of anilines is 1. The molecule has 2 aromatic heterocycles. The van der Waals surface area contributed by atoms with Crippen LogP contribution in [-0.4, -0.2) is 48.3 Å². The minimum absolute atomic E-state index is 0.134. The maximum absolute atomic E-state index is 14.0. The van der Waals surface area contributed by atoms with Crippen molar-refractivity contribution in [1.29, 1.82) is 0 Å². The van der Waals surface area contributed by atoms with E-state index in [4.69, 9.17) is 9.72 Å². The minimum atomic E-state index is -3.69. The van der Waals surface area contributed by atoms with Gasteiger partial charge in [-0.2, -0.15) is 4.31 Å². The Kier molecular flexibility index (Phi) is 7.50. The van der Waals surface area contributed by atoms with Gasteiger partial charge in [0.05, 0.1) is 28.7 Å². The Labute approximate surface area is 220 Å². The van der Waals surface area contributed by atoms with E-state index in [9.17, 15) is 13.2 Å². The predicted octanol–water partition coefficient (Wildman–Crippen LogP) is 4.72. The Hall–Kier alpha value is -3.34. The lowest BCUT2D eigenvalue weighted by atomic mass is 9.98. The van der Waals surface area contributed by atoms with Crippen molar-refractivity contribution in [2.24, 2.45) is 5.92 Å². The summed E-state index contributed by atoms with van der Waals surface area (Å²) < 4.78 is 34.7. The van der Waals surface area contributed by atoms with E-state index in [1.54, 1.807) is 47.6 Å². The molecule has 1 aliphatic rings. The van der Waals surface area contributed by atoms with Crippen molar-refractivity contribution in [2.45, 2.75) is 31.2 Å². The van der Waals surface area contributed by atoms with E-state index in [0.29, 0.717) is 48.9 Å². The first kappa shape index (κ1) is 25.3. The monoisotopic (exact) mass is 536 g/mol.